The van der Waals surface area contributed by atoms with Gasteiger partial charge in [-0.1, -0.05) is 11.6 Å². The zero-order valence-corrected chi connectivity index (χ0v) is 7.10. The normalized spacial score (nSPS) is 10.1. The molecule has 0 radical (unpaired) electrons. The number of halogens is 1. The Hall–Kier alpha value is -0.670. The molecule has 4 heteroatoms. The first-order valence-electron chi connectivity index (χ1n) is 3.42. The van der Waals surface area contributed by atoms with Crippen molar-refractivity contribution in [3.63, 3.8) is 0 Å². The first-order chi connectivity index (χ1) is 5.22. The van der Waals surface area contributed by atoms with Gasteiger partial charge in [0.15, 0.2) is 0 Å². The standard InChI is InChI=1S/C7H10ClN3/c1-5-10-6(2-3-9)4-7(8)11-5/h4H,2-3,9H2,1H3. The SMILES string of the molecule is Cc1nc(Cl)cc(CCN)n1. The molecule has 0 aliphatic rings. The van der Waals surface area contributed by atoms with Gasteiger partial charge in [-0.05, 0) is 19.5 Å². The molecule has 0 saturated carbocycles. The third-order valence-corrected chi connectivity index (χ3v) is 1.45. The third-order valence-electron chi connectivity index (χ3n) is 1.26. The van der Waals surface area contributed by atoms with Gasteiger partial charge in [0.2, 0.25) is 0 Å². The van der Waals surface area contributed by atoms with Crippen LogP contribution in [0.1, 0.15) is 11.5 Å². The van der Waals surface area contributed by atoms with Crippen molar-refractivity contribution in [2.75, 3.05) is 6.54 Å². The van der Waals surface area contributed by atoms with Crippen molar-refractivity contribution in [2.24, 2.45) is 5.73 Å². The molecule has 0 unspecified atom stereocenters. The van der Waals surface area contributed by atoms with Crippen molar-refractivity contribution < 1.29 is 0 Å². The number of aromatic nitrogens is 2. The van der Waals surface area contributed by atoms with Crippen LogP contribution in [0, 0.1) is 6.92 Å². The highest BCUT2D eigenvalue weighted by molar-refractivity contribution is 6.29. The molecule has 0 aliphatic heterocycles. The summed E-state index contributed by atoms with van der Waals surface area (Å²) in [5.41, 5.74) is 6.26. The highest BCUT2D eigenvalue weighted by Gasteiger charge is 1.97. The number of hydrogen-bond donors (Lipinski definition) is 1. The van der Waals surface area contributed by atoms with E-state index in [2.05, 4.69) is 9.97 Å². The Morgan fingerprint density at radius 1 is 1.55 bits per heavy atom. The lowest BCUT2D eigenvalue weighted by Crippen LogP contribution is -2.05. The van der Waals surface area contributed by atoms with Crippen molar-refractivity contribution in [2.45, 2.75) is 13.3 Å². The van der Waals surface area contributed by atoms with Gasteiger partial charge < -0.3 is 5.73 Å². The van der Waals surface area contributed by atoms with Gasteiger partial charge in [-0.2, -0.15) is 0 Å². The second-order valence-electron chi connectivity index (χ2n) is 2.27. The summed E-state index contributed by atoms with van der Waals surface area (Å²) in [6.45, 7) is 2.40. The first kappa shape index (κ1) is 8.43. The second-order valence-corrected chi connectivity index (χ2v) is 2.66. The number of nitrogens with zero attached hydrogens (tertiary/aromatic N) is 2. The monoisotopic (exact) mass is 171 g/mol. The summed E-state index contributed by atoms with van der Waals surface area (Å²) in [5, 5.41) is 0.487. The van der Waals surface area contributed by atoms with Crippen LogP contribution in [0.4, 0.5) is 0 Å². The largest absolute Gasteiger partial charge is 0.330 e. The van der Waals surface area contributed by atoms with Crippen molar-refractivity contribution in [1.29, 1.82) is 0 Å². The summed E-state index contributed by atoms with van der Waals surface area (Å²) in [5.74, 6) is 0.695. The smallest absolute Gasteiger partial charge is 0.133 e. The van der Waals surface area contributed by atoms with Gasteiger partial charge in [0.1, 0.15) is 11.0 Å². The van der Waals surface area contributed by atoms with Crippen LogP contribution in [0.3, 0.4) is 0 Å². The molecule has 1 aromatic rings. The maximum absolute atomic E-state index is 5.69. The van der Waals surface area contributed by atoms with Crippen LogP contribution in [-0.4, -0.2) is 16.5 Å². The molecule has 0 bridgehead atoms. The average Bonchev–Trinajstić information content (AvgIpc) is 1.85. The van der Waals surface area contributed by atoms with Crippen molar-refractivity contribution >= 4 is 11.6 Å². The molecular formula is C7H10ClN3. The summed E-state index contributed by atoms with van der Waals surface area (Å²) in [4.78, 5) is 8.08. The lowest BCUT2D eigenvalue weighted by atomic mass is 10.3. The van der Waals surface area contributed by atoms with Gasteiger partial charge in [0.25, 0.3) is 0 Å². The van der Waals surface area contributed by atoms with Gasteiger partial charge in [-0.25, -0.2) is 9.97 Å². The maximum Gasteiger partial charge on any atom is 0.133 e. The molecule has 60 valence electrons. The number of hydrogen-bond acceptors (Lipinski definition) is 3. The third kappa shape index (κ3) is 2.44. The van der Waals surface area contributed by atoms with Crippen molar-refractivity contribution in [3.8, 4) is 0 Å². The van der Waals surface area contributed by atoms with Crippen molar-refractivity contribution in [1.82, 2.24) is 9.97 Å². The second kappa shape index (κ2) is 3.64. The van der Waals surface area contributed by atoms with E-state index in [-0.39, 0.29) is 0 Å². The van der Waals surface area contributed by atoms with Gasteiger partial charge in [-0.15, -0.1) is 0 Å². The van der Waals surface area contributed by atoms with Gasteiger partial charge in [0.05, 0.1) is 0 Å². The molecule has 1 aromatic heterocycles. The Kier molecular flexibility index (Phi) is 2.79. The van der Waals surface area contributed by atoms with Gasteiger partial charge in [-0.3, -0.25) is 0 Å². The van der Waals surface area contributed by atoms with E-state index in [9.17, 15) is 0 Å². The van der Waals surface area contributed by atoms with Crippen LogP contribution in [-0.2, 0) is 6.42 Å². The van der Waals surface area contributed by atoms with Crippen LogP contribution in [0.5, 0.6) is 0 Å². The molecule has 2 N–H and O–H groups in total. The van der Waals surface area contributed by atoms with Crippen LogP contribution in [0.15, 0.2) is 6.07 Å². The molecule has 0 fully saturated rings. The van der Waals surface area contributed by atoms with Crippen LogP contribution < -0.4 is 5.73 Å². The highest BCUT2D eigenvalue weighted by Crippen LogP contribution is 2.06. The zero-order chi connectivity index (χ0) is 8.27. The Bertz CT molecular complexity index is 229. The molecule has 0 spiro atoms. The van der Waals surface area contributed by atoms with Crippen LogP contribution >= 0.6 is 11.6 Å². The molecule has 0 atom stereocenters. The molecule has 0 aliphatic carbocycles. The van der Waals surface area contributed by atoms with E-state index in [1.165, 1.54) is 0 Å². The van der Waals surface area contributed by atoms with Crippen LogP contribution in [0.2, 0.25) is 5.15 Å². The molecule has 0 amide bonds. The van der Waals surface area contributed by atoms with E-state index < -0.39 is 0 Å². The topological polar surface area (TPSA) is 51.8 Å². The maximum atomic E-state index is 5.69. The quantitative estimate of drug-likeness (QED) is 0.674. The fourth-order valence-electron chi connectivity index (χ4n) is 0.865. The fraction of sp³-hybridized carbons (Fsp3) is 0.429. The van der Waals surface area contributed by atoms with E-state index in [4.69, 9.17) is 17.3 Å². The lowest BCUT2D eigenvalue weighted by molar-refractivity contribution is 0.888. The van der Waals surface area contributed by atoms with Gasteiger partial charge in [0, 0.05) is 12.1 Å². The Balaban J connectivity index is 2.89. The predicted octanol–water partition coefficient (Wildman–Crippen LogP) is 0.940. The Labute approximate surface area is 70.6 Å². The number of nitrogens with two attached hydrogens (primary N) is 1. The average molecular weight is 172 g/mol. The molecule has 1 heterocycles. The van der Waals surface area contributed by atoms with E-state index in [1.54, 1.807) is 6.07 Å². The summed E-state index contributed by atoms with van der Waals surface area (Å²) in [7, 11) is 0. The van der Waals surface area contributed by atoms with Crippen LogP contribution in [0.25, 0.3) is 0 Å². The number of rotatable bonds is 2. The summed E-state index contributed by atoms with van der Waals surface area (Å²) < 4.78 is 0. The zero-order valence-electron chi connectivity index (χ0n) is 6.34. The van der Waals surface area contributed by atoms with Gasteiger partial charge >= 0.3 is 0 Å². The summed E-state index contributed by atoms with van der Waals surface area (Å²) in [6, 6.07) is 1.74. The predicted molar refractivity (Wildman–Crippen MR) is 44.5 cm³/mol. The van der Waals surface area contributed by atoms with Crippen molar-refractivity contribution in [3.05, 3.63) is 22.7 Å². The highest BCUT2D eigenvalue weighted by atomic mass is 35.5. The minimum Gasteiger partial charge on any atom is -0.330 e. The molecule has 3 nitrogen and oxygen atoms in total. The molecular weight excluding hydrogens is 162 g/mol. The summed E-state index contributed by atoms with van der Waals surface area (Å²) >= 11 is 5.69. The van der Waals surface area contributed by atoms with E-state index >= 15 is 0 Å². The fourth-order valence-corrected chi connectivity index (χ4v) is 1.11. The van der Waals surface area contributed by atoms with E-state index in [0.717, 1.165) is 12.1 Å². The minimum absolute atomic E-state index is 0.487. The Morgan fingerprint density at radius 2 is 2.27 bits per heavy atom. The lowest BCUT2D eigenvalue weighted by Gasteiger charge is -1.99. The van der Waals surface area contributed by atoms with E-state index in [0.29, 0.717) is 17.5 Å². The molecule has 0 aromatic carbocycles. The summed E-state index contributed by atoms with van der Waals surface area (Å²) in [6.07, 6.45) is 0.753. The molecule has 11 heavy (non-hydrogen) atoms. The first-order valence-corrected chi connectivity index (χ1v) is 3.80. The molecule has 0 saturated heterocycles. The van der Waals surface area contributed by atoms with E-state index in [1.807, 2.05) is 6.92 Å². The molecule has 1 rings (SSSR count). The Morgan fingerprint density at radius 3 is 2.82 bits per heavy atom. The number of aryl methyl sites for hydroxylation is 1. The minimum atomic E-state index is 0.487.